The predicted molar refractivity (Wildman–Crippen MR) is 143 cm³/mol. The number of rotatable bonds is 11. The number of carbonyl (C=O) groups is 2. The summed E-state index contributed by atoms with van der Waals surface area (Å²) >= 11 is 0. The molecule has 0 fully saturated rings. The number of hydrogen-bond donors (Lipinski definition) is 3. The van der Waals surface area contributed by atoms with Crippen LogP contribution in [0.1, 0.15) is 20.7 Å². The SMILES string of the molecule is [C-]#[N+]C(=CC=CC=CC(=C=N)C(=O)c1ccc(NS(C)(=O)=O)cc1)C(=O)c1ccc(NS(C)(=O)=O)cc1. The number of hydrogen-bond acceptors (Lipinski definition) is 7. The average molecular weight is 539 g/mol. The van der Waals surface area contributed by atoms with E-state index >= 15 is 0 Å². The van der Waals surface area contributed by atoms with Crippen molar-refractivity contribution in [2.75, 3.05) is 22.0 Å². The Morgan fingerprint density at radius 2 is 1.27 bits per heavy atom. The monoisotopic (exact) mass is 538 g/mol. The highest BCUT2D eigenvalue weighted by atomic mass is 32.2. The Morgan fingerprint density at radius 3 is 1.68 bits per heavy atom. The molecule has 0 aliphatic rings. The highest BCUT2D eigenvalue weighted by molar-refractivity contribution is 7.92. The summed E-state index contributed by atoms with van der Waals surface area (Å²) in [5, 5.41) is 7.38. The molecule has 0 bridgehead atoms. The first kappa shape index (κ1) is 28.7. The van der Waals surface area contributed by atoms with Crippen LogP contribution in [-0.4, -0.2) is 46.8 Å². The maximum atomic E-state index is 12.6. The van der Waals surface area contributed by atoms with Crippen LogP contribution in [-0.2, 0) is 20.0 Å². The molecule has 0 aliphatic carbocycles. The van der Waals surface area contributed by atoms with E-state index in [2.05, 4.69) is 14.3 Å². The van der Waals surface area contributed by atoms with Crippen LogP contribution in [0.15, 0.2) is 90.2 Å². The number of Topliss-reactive ketones (excluding diaryl/α,β-unsaturated/α-hetero) is 2. The van der Waals surface area contributed by atoms with Gasteiger partial charge in [0.15, 0.2) is 5.78 Å². The minimum absolute atomic E-state index is 0.0678. The van der Waals surface area contributed by atoms with Gasteiger partial charge >= 0.3 is 0 Å². The van der Waals surface area contributed by atoms with Gasteiger partial charge in [0.2, 0.25) is 31.5 Å². The van der Waals surface area contributed by atoms with Crippen molar-refractivity contribution in [3.05, 3.63) is 113 Å². The number of anilines is 2. The lowest BCUT2D eigenvalue weighted by molar-refractivity contribution is 0.103. The molecule has 0 heterocycles. The normalized spacial score (nSPS) is 12.1. The van der Waals surface area contributed by atoms with Crippen LogP contribution in [0.3, 0.4) is 0 Å². The first-order valence-corrected chi connectivity index (χ1v) is 14.1. The summed E-state index contributed by atoms with van der Waals surface area (Å²) in [6, 6.07) is 11.3. The summed E-state index contributed by atoms with van der Waals surface area (Å²) in [7, 11) is -6.91. The molecule has 12 heteroatoms. The molecule has 0 saturated carbocycles. The van der Waals surface area contributed by atoms with Crippen molar-refractivity contribution in [3.63, 3.8) is 0 Å². The van der Waals surface area contributed by atoms with Gasteiger partial charge in [-0.25, -0.2) is 21.7 Å². The number of ketones is 2. The molecule has 0 radical (unpaired) electrons. The fourth-order valence-electron chi connectivity index (χ4n) is 2.81. The Kier molecular flexibility index (Phi) is 9.62. The van der Waals surface area contributed by atoms with Crippen LogP contribution in [0, 0.1) is 12.0 Å². The molecular weight excluding hydrogens is 516 g/mol. The van der Waals surface area contributed by atoms with E-state index in [1.807, 2.05) is 5.87 Å². The molecule has 2 aromatic rings. The second-order valence-electron chi connectivity index (χ2n) is 7.51. The molecule has 0 aliphatic heterocycles. The Balaban J connectivity index is 2.08. The number of allylic oxidation sites excluding steroid dienone is 7. The molecule has 0 spiro atoms. The highest BCUT2D eigenvalue weighted by Crippen LogP contribution is 2.16. The number of sulfonamides is 2. The summed E-state index contributed by atoms with van der Waals surface area (Å²) in [5.41, 5.74) is 0.736. The summed E-state index contributed by atoms with van der Waals surface area (Å²) in [6.07, 6.45) is 8.93. The van der Waals surface area contributed by atoms with E-state index in [0.717, 1.165) is 12.5 Å². The Morgan fingerprint density at radius 1 is 0.811 bits per heavy atom. The van der Waals surface area contributed by atoms with Gasteiger partial charge in [0, 0.05) is 22.5 Å². The minimum Gasteiger partial charge on any atom is -0.302 e. The number of benzene rings is 2. The predicted octanol–water partition coefficient (Wildman–Crippen LogP) is 3.59. The van der Waals surface area contributed by atoms with Gasteiger partial charge < -0.3 is 4.79 Å². The molecule has 190 valence electrons. The lowest BCUT2D eigenvalue weighted by Crippen LogP contribution is -2.09. The third-order valence-electron chi connectivity index (χ3n) is 4.37. The Hall–Kier alpha value is -4.56. The Labute approximate surface area is 215 Å². The van der Waals surface area contributed by atoms with Crippen molar-refractivity contribution in [2.45, 2.75) is 0 Å². The van der Waals surface area contributed by atoms with E-state index in [0.29, 0.717) is 0 Å². The van der Waals surface area contributed by atoms with Gasteiger partial charge in [-0.05, 0) is 48.3 Å². The largest absolute Gasteiger partial charge is 0.302 e. The van der Waals surface area contributed by atoms with Crippen LogP contribution in [0.5, 0.6) is 0 Å². The van der Waals surface area contributed by atoms with Crippen LogP contribution in [0.2, 0.25) is 0 Å². The van der Waals surface area contributed by atoms with E-state index < -0.39 is 31.6 Å². The third kappa shape index (κ3) is 9.54. The lowest BCUT2D eigenvalue weighted by atomic mass is 10.0. The minimum atomic E-state index is -3.46. The quantitative estimate of drug-likeness (QED) is 0.131. The molecule has 0 saturated heterocycles. The molecule has 0 amide bonds. The van der Waals surface area contributed by atoms with Crippen molar-refractivity contribution in [2.24, 2.45) is 0 Å². The standard InChI is InChI=1S/C25H22N4O6S2/c1-27-23(25(31)19-11-15-22(16-12-19)29-37(3,34)35)8-6-4-5-7-20(17-26)24(30)18-9-13-21(14-10-18)28-36(2,32)33/h4-16,26,28-29H,2-3H3. The van der Waals surface area contributed by atoms with Crippen LogP contribution in [0.25, 0.3) is 4.85 Å². The van der Waals surface area contributed by atoms with Crippen LogP contribution < -0.4 is 9.44 Å². The molecule has 10 nitrogen and oxygen atoms in total. The second-order valence-corrected chi connectivity index (χ2v) is 11.0. The van der Waals surface area contributed by atoms with Gasteiger partial charge in [0.25, 0.3) is 0 Å². The lowest BCUT2D eigenvalue weighted by Gasteiger charge is -2.05. The van der Waals surface area contributed by atoms with Gasteiger partial charge in [-0.1, -0.05) is 36.4 Å². The topological polar surface area (TPSA) is 155 Å². The maximum absolute atomic E-state index is 12.6. The fraction of sp³-hybridized carbons (Fsp3) is 0.0800. The third-order valence-corrected chi connectivity index (χ3v) is 5.59. The zero-order valence-corrected chi connectivity index (χ0v) is 21.4. The van der Waals surface area contributed by atoms with Crippen molar-refractivity contribution >= 4 is 48.9 Å². The van der Waals surface area contributed by atoms with E-state index in [-0.39, 0.29) is 33.8 Å². The fourth-order valence-corrected chi connectivity index (χ4v) is 3.94. The molecule has 0 unspecified atom stereocenters. The summed E-state index contributed by atoms with van der Waals surface area (Å²) in [4.78, 5) is 28.3. The molecule has 0 aromatic heterocycles. The van der Waals surface area contributed by atoms with Gasteiger partial charge in [-0.3, -0.25) is 19.6 Å². The van der Waals surface area contributed by atoms with E-state index in [1.54, 1.807) is 0 Å². The smallest absolute Gasteiger partial charge is 0.234 e. The molecule has 0 atom stereocenters. The van der Waals surface area contributed by atoms with E-state index in [9.17, 15) is 26.4 Å². The van der Waals surface area contributed by atoms with Crippen molar-refractivity contribution < 1.29 is 26.4 Å². The average Bonchev–Trinajstić information content (AvgIpc) is 2.82. The van der Waals surface area contributed by atoms with Crippen molar-refractivity contribution in [1.29, 1.82) is 5.41 Å². The van der Waals surface area contributed by atoms with Crippen LogP contribution in [0.4, 0.5) is 11.4 Å². The first-order chi connectivity index (χ1) is 17.3. The van der Waals surface area contributed by atoms with Crippen molar-refractivity contribution in [3.8, 4) is 0 Å². The van der Waals surface area contributed by atoms with Crippen LogP contribution >= 0.6 is 0 Å². The molecule has 2 aromatic carbocycles. The molecule has 37 heavy (non-hydrogen) atoms. The number of nitrogens with one attached hydrogen (secondary N) is 3. The summed E-state index contributed by atoms with van der Waals surface area (Å²) in [5.74, 6) is 0.982. The van der Waals surface area contributed by atoms with E-state index in [4.69, 9.17) is 12.0 Å². The molecule has 2 rings (SSSR count). The molecule has 3 N–H and O–H groups in total. The molecular formula is C25H22N4O6S2. The second kappa shape index (κ2) is 12.4. The van der Waals surface area contributed by atoms with Gasteiger partial charge in [0.05, 0.1) is 24.7 Å². The van der Waals surface area contributed by atoms with Crippen molar-refractivity contribution in [1.82, 2.24) is 0 Å². The maximum Gasteiger partial charge on any atom is 0.234 e. The summed E-state index contributed by atoms with van der Waals surface area (Å²) in [6.45, 7) is 7.26. The number of nitrogens with zero attached hydrogens (tertiary/aromatic N) is 1. The number of carbonyl (C=O) groups excluding carboxylic acids is 2. The van der Waals surface area contributed by atoms with Gasteiger partial charge in [-0.15, -0.1) is 0 Å². The Bertz CT molecular complexity index is 1590. The highest BCUT2D eigenvalue weighted by Gasteiger charge is 2.13. The summed E-state index contributed by atoms with van der Waals surface area (Å²) < 4.78 is 49.7. The zero-order chi connectivity index (χ0) is 27.6. The zero-order valence-electron chi connectivity index (χ0n) is 19.7. The first-order valence-electron chi connectivity index (χ1n) is 10.3. The van der Waals surface area contributed by atoms with Gasteiger partial charge in [0.1, 0.15) is 0 Å². The van der Waals surface area contributed by atoms with E-state index in [1.165, 1.54) is 78.9 Å². The van der Waals surface area contributed by atoms with Gasteiger partial charge in [-0.2, -0.15) is 0 Å².